The first-order valence-electron chi connectivity index (χ1n) is 8.64. The third-order valence-electron chi connectivity index (χ3n) is 4.08. The summed E-state index contributed by atoms with van der Waals surface area (Å²) in [6.45, 7) is 6.94. The molecule has 0 bridgehead atoms. The molecule has 3 amide bonds. The van der Waals surface area contributed by atoms with Crippen molar-refractivity contribution in [1.82, 2.24) is 15.1 Å². The molecule has 1 aliphatic heterocycles. The van der Waals surface area contributed by atoms with Crippen molar-refractivity contribution in [1.29, 1.82) is 0 Å². The lowest BCUT2D eigenvalue weighted by molar-refractivity contribution is -0.143. The molecule has 8 nitrogen and oxygen atoms in total. The van der Waals surface area contributed by atoms with Gasteiger partial charge in [0.25, 0.3) is 0 Å². The average Bonchev–Trinajstić information content (AvgIpc) is 2.51. The summed E-state index contributed by atoms with van der Waals surface area (Å²) in [5.74, 6) is -1.59. The van der Waals surface area contributed by atoms with Crippen LogP contribution in [0.3, 0.4) is 0 Å². The molecule has 0 aromatic carbocycles. The van der Waals surface area contributed by atoms with Gasteiger partial charge in [0, 0.05) is 46.1 Å². The Labute approximate surface area is 149 Å². The number of carboxylic acid groups (broad SMARTS) is 1. The molecule has 0 spiro atoms. The van der Waals surface area contributed by atoms with Gasteiger partial charge in [-0.2, -0.15) is 0 Å². The molecule has 1 unspecified atom stereocenters. The van der Waals surface area contributed by atoms with Crippen molar-refractivity contribution >= 4 is 17.9 Å². The first-order valence-corrected chi connectivity index (χ1v) is 8.64. The number of aliphatic carboxylic acids is 1. The topological polar surface area (TPSA) is 99.2 Å². The van der Waals surface area contributed by atoms with E-state index in [1.165, 1.54) is 4.90 Å². The summed E-state index contributed by atoms with van der Waals surface area (Å²) >= 11 is 0. The lowest BCUT2D eigenvalue weighted by Crippen LogP contribution is -2.49. The molecular weight excluding hydrogens is 326 g/mol. The van der Waals surface area contributed by atoms with Gasteiger partial charge in [0.2, 0.25) is 5.91 Å². The summed E-state index contributed by atoms with van der Waals surface area (Å²) in [5.41, 5.74) is -0.348. The number of hydrogen-bond acceptors (Lipinski definition) is 4. The summed E-state index contributed by atoms with van der Waals surface area (Å²) < 4.78 is 5.54. The van der Waals surface area contributed by atoms with E-state index in [0.29, 0.717) is 25.9 Å². The Morgan fingerprint density at radius 2 is 1.80 bits per heavy atom. The number of carbonyl (C=O) groups excluding carboxylic acids is 2. The van der Waals surface area contributed by atoms with E-state index in [9.17, 15) is 19.5 Å². The molecule has 0 aliphatic carbocycles. The van der Waals surface area contributed by atoms with Gasteiger partial charge in [-0.25, -0.2) is 9.59 Å². The minimum absolute atomic E-state index is 0.0680. The Hall–Kier alpha value is -1.83. The first-order chi connectivity index (χ1) is 11.5. The quantitative estimate of drug-likeness (QED) is 0.743. The fourth-order valence-electron chi connectivity index (χ4n) is 2.65. The van der Waals surface area contributed by atoms with Crippen molar-refractivity contribution in [2.45, 2.75) is 51.7 Å². The van der Waals surface area contributed by atoms with Crippen molar-refractivity contribution < 1.29 is 24.2 Å². The van der Waals surface area contributed by atoms with Crippen LogP contribution in [0, 0.1) is 5.92 Å². The summed E-state index contributed by atoms with van der Waals surface area (Å²) in [5, 5.41) is 11.9. The van der Waals surface area contributed by atoms with Gasteiger partial charge < -0.3 is 25.0 Å². The largest absolute Gasteiger partial charge is 0.480 e. The fraction of sp³-hybridized carbons (Fsp3) is 0.824. The number of hydrogen-bond donors (Lipinski definition) is 2. The number of rotatable bonds is 6. The van der Waals surface area contributed by atoms with E-state index in [-0.39, 0.29) is 36.5 Å². The molecule has 0 aromatic rings. The summed E-state index contributed by atoms with van der Waals surface area (Å²) in [6, 6.07) is -1.03. The Bertz CT molecular complexity index is 479. The predicted molar refractivity (Wildman–Crippen MR) is 93.3 cm³/mol. The van der Waals surface area contributed by atoms with E-state index in [0.717, 1.165) is 0 Å². The third kappa shape index (κ3) is 7.29. The molecular formula is C17H31N3O5. The Balaban J connectivity index is 2.48. The van der Waals surface area contributed by atoms with Crippen LogP contribution in [0.25, 0.3) is 0 Å². The number of amides is 3. The number of nitrogens with zero attached hydrogens (tertiary/aromatic N) is 2. The van der Waals surface area contributed by atoms with Crippen LogP contribution in [-0.4, -0.2) is 78.2 Å². The van der Waals surface area contributed by atoms with Crippen LogP contribution in [0.2, 0.25) is 0 Å². The predicted octanol–water partition coefficient (Wildman–Crippen LogP) is 1.15. The Morgan fingerprint density at radius 3 is 2.24 bits per heavy atom. The maximum absolute atomic E-state index is 12.4. The number of carbonyl (C=O) groups is 3. The van der Waals surface area contributed by atoms with Gasteiger partial charge in [-0.3, -0.25) is 4.79 Å². The number of urea groups is 1. The second-order valence-electron chi connectivity index (χ2n) is 7.59. The smallest absolute Gasteiger partial charge is 0.326 e. The van der Waals surface area contributed by atoms with Crippen molar-refractivity contribution in [3.8, 4) is 0 Å². The standard InChI is InChI=1S/C17H31N3O5/c1-17(2,3)25-11-8-13(15(22)23)18-14(21)12-6-9-20(10-7-12)16(24)19(4)5/h12-13H,6-11H2,1-5H3,(H,18,21)(H,22,23). The van der Waals surface area contributed by atoms with Gasteiger partial charge in [-0.15, -0.1) is 0 Å². The van der Waals surface area contributed by atoms with Gasteiger partial charge in [-0.1, -0.05) is 0 Å². The molecule has 2 N–H and O–H groups in total. The van der Waals surface area contributed by atoms with Crippen molar-refractivity contribution in [3.05, 3.63) is 0 Å². The first kappa shape index (κ1) is 21.2. The molecule has 1 heterocycles. The van der Waals surface area contributed by atoms with Gasteiger partial charge >= 0.3 is 12.0 Å². The molecule has 0 radical (unpaired) electrons. The molecule has 0 saturated carbocycles. The van der Waals surface area contributed by atoms with Gasteiger partial charge in [0.15, 0.2) is 0 Å². The van der Waals surface area contributed by atoms with Crippen LogP contribution in [0.15, 0.2) is 0 Å². The van der Waals surface area contributed by atoms with Crippen LogP contribution in [0.4, 0.5) is 4.79 Å². The van der Waals surface area contributed by atoms with Crippen molar-refractivity contribution in [2.75, 3.05) is 33.8 Å². The van der Waals surface area contributed by atoms with Crippen LogP contribution in [0.1, 0.15) is 40.0 Å². The molecule has 1 rings (SSSR count). The highest BCUT2D eigenvalue weighted by Gasteiger charge is 2.30. The van der Waals surface area contributed by atoms with E-state index in [4.69, 9.17) is 4.74 Å². The van der Waals surface area contributed by atoms with E-state index >= 15 is 0 Å². The lowest BCUT2D eigenvalue weighted by Gasteiger charge is -2.33. The molecule has 0 aromatic heterocycles. The van der Waals surface area contributed by atoms with Crippen LogP contribution < -0.4 is 5.32 Å². The molecule has 1 fully saturated rings. The number of piperidine rings is 1. The zero-order valence-electron chi connectivity index (χ0n) is 15.9. The average molecular weight is 357 g/mol. The normalized spacial score (nSPS) is 17.1. The van der Waals surface area contributed by atoms with Crippen LogP contribution >= 0.6 is 0 Å². The van der Waals surface area contributed by atoms with E-state index in [1.54, 1.807) is 19.0 Å². The highest BCUT2D eigenvalue weighted by molar-refractivity contribution is 5.85. The number of carboxylic acids is 1. The maximum Gasteiger partial charge on any atom is 0.326 e. The minimum Gasteiger partial charge on any atom is -0.480 e. The number of likely N-dealkylation sites (tertiary alicyclic amines) is 1. The molecule has 8 heteroatoms. The van der Waals surface area contributed by atoms with Gasteiger partial charge in [0.1, 0.15) is 6.04 Å². The zero-order chi connectivity index (χ0) is 19.2. The van der Waals surface area contributed by atoms with Crippen LogP contribution in [-0.2, 0) is 14.3 Å². The molecule has 25 heavy (non-hydrogen) atoms. The highest BCUT2D eigenvalue weighted by Crippen LogP contribution is 2.18. The van der Waals surface area contributed by atoms with E-state index < -0.39 is 12.0 Å². The van der Waals surface area contributed by atoms with Crippen molar-refractivity contribution in [3.63, 3.8) is 0 Å². The summed E-state index contributed by atoms with van der Waals surface area (Å²) in [7, 11) is 3.39. The Morgan fingerprint density at radius 1 is 1.24 bits per heavy atom. The van der Waals surface area contributed by atoms with E-state index in [1.807, 2.05) is 20.8 Å². The fourth-order valence-corrected chi connectivity index (χ4v) is 2.65. The lowest BCUT2D eigenvalue weighted by atomic mass is 9.95. The molecule has 1 saturated heterocycles. The van der Waals surface area contributed by atoms with Crippen molar-refractivity contribution in [2.24, 2.45) is 5.92 Å². The van der Waals surface area contributed by atoms with Gasteiger partial charge in [0.05, 0.1) is 5.60 Å². The summed E-state index contributed by atoms with van der Waals surface area (Å²) in [6.07, 6.45) is 1.29. The second-order valence-corrected chi connectivity index (χ2v) is 7.59. The number of ether oxygens (including phenoxy) is 1. The van der Waals surface area contributed by atoms with Crippen LogP contribution in [0.5, 0.6) is 0 Å². The highest BCUT2D eigenvalue weighted by atomic mass is 16.5. The van der Waals surface area contributed by atoms with Gasteiger partial charge in [-0.05, 0) is 33.6 Å². The second kappa shape index (κ2) is 9.03. The molecule has 1 atom stereocenters. The molecule has 144 valence electrons. The SMILES string of the molecule is CN(C)C(=O)N1CCC(C(=O)NC(CCOC(C)(C)C)C(=O)O)CC1. The Kier molecular flexibility index (Phi) is 7.66. The number of nitrogens with one attached hydrogen (secondary N) is 1. The third-order valence-corrected chi connectivity index (χ3v) is 4.08. The zero-order valence-corrected chi connectivity index (χ0v) is 15.9. The summed E-state index contributed by atoms with van der Waals surface area (Å²) in [4.78, 5) is 38.8. The van der Waals surface area contributed by atoms with E-state index in [2.05, 4.69) is 5.32 Å². The maximum atomic E-state index is 12.4. The monoisotopic (exact) mass is 357 g/mol. The minimum atomic E-state index is -1.06. The molecule has 1 aliphatic rings.